The second-order valence-corrected chi connectivity index (χ2v) is 5.51. The normalized spacial score (nSPS) is 15.5. The van der Waals surface area contributed by atoms with Crippen LogP contribution < -0.4 is 0 Å². The van der Waals surface area contributed by atoms with Crippen LogP contribution in [0.25, 0.3) is 0 Å². The van der Waals surface area contributed by atoms with Crippen LogP contribution >= 0.6 is 0 Å². The molecule has 1 aromatic carbocycles. The fourth-order valence-electron chi connectivity index (χ4n) is 2.06. The van der Waals surface area contributed by atoms with Crippen molar-refractivity contribution in [1.29, 1.82) is 0 Å². The average Bonchev–Trinajstić information content (AvgIpc) is 2.16. The van der Waals surface area contributed by atoms with Gasteiger partial charge < -0.3 is 9.90 Å². The molecule has 16 heavy (non-hydrogen) atoms. The van der Waals surface area contributed by atoms with Crippen LogP contribution in [0.2, 0.25) is 0 Å². The zero-order valence-electron chi connectivity index (χ0n) is 10.2. The van der Waals surface area contributed by atoms with E-state index in [0.29, 0.717) is 6.42 Å². The Morgan fingerprint density at radius 3 is 2.19 bits per heavy atom. The van der Waals surface area contributed by atoms with Gasteiger partial charge >= 0.3 is 0 Å². The highest BCUT2D eigenvalue weighted by atomic mass is 16.3. The molecule has 0 saturated carbocycles. The lowest BCUT2D eigenvalue weighted by Gasteiger charge is -2.33. The van der Waals surface area contributed by atoms with Gasteiger partial charge in [0.2, 0.25) is 0 Å². The van der Waals surface area contributed by atoms with Crippen LogP contribution in [0.4, 0.5) is 0 Å². The average molecular weight is 220 g/mol. The third-order valence-corrected chi connectivity index (χ3v) is 2.55. The highest BCUT2D eigenvalue weighted by Crippen LogP contribution is 2.36. The van der Waals surface area contributed by atoms with E-state index in [1.165, 1.54) is 0 Å². The summed E-state index contributed by atoms with van der Waals surface area (Å²) in [6.45, 7) is 6.18. The van der Waals surface area contributed by atoms with Gasteiger partial charge in [-0.15, -0.1) is 0 Å². The molecule has 0 radical (unpaired) electrons. The van der Waals surface area contributed by atoms with Gasteiger partial charge in [-0.2, -0.15) is 0 Å². The maximum atomic E-state index is 10.7. The lowest BCUT2D eigenvalue weighted by atomic mass is 9.77. The number of aldehydes is 1. The summed E-state index contributed by atoms with van der Waals surface area (Å²) in [5.41, 5.74) is -0.244. The first kappa shape index (κ1) is 12.9. The zero-order valence-corrected chi connectivity index (χ0v) is 10.2. The predicted molar refractivity (Wildman–Crippen MR) is 65.1 cm³/mol. The smallest absolute Gasteiger partial charge is 0.123 e. The SMILES string of the molecule is CC(C)(C)C[C@@](O)(CC=O)c1ccccc1. The molecule has 0 unspecified atom stereocenters. The van der Waals surface area contributed by atoms with E-state index < -0.39 is 5.60 Å². The Kier molecular flexibility index (Phi) is 3.87. The summed E-state index contributed by atoms with van der Waals surface area (Å²) in [6.07, 6.45) is 1.51. The molecule has 1 N–H and O–H groups in total. The van der Waals surface area contributed by atoms with Gasteiger partial charge in [0.15, 0.2) is 0 Å². The summed E-state index contributed by atoms with van der Waals surface area (Å²) in [5, 5.41) is 10.6. The van der Waals surface area contributed by atoms with Gasteiger partial charge in [0, 0.05) is 6.42 Å². The summed E-state index contributed by atoms with van der Waals surface area (Å²) >= 11 is 0. The summed E-state index contributed by atoms with van der Waals surface area (Å²) < 4.78 is 0. The third kappa shape index (κ3) is 3.46. The lowest BCUT2D eigenvalue weighted by Crippen LogP contribution is -2.31. The molecule has 0 spiro atoms. The van der Waals surface area contributed by atoms with Gasteiger partial charge in [0.05, 0.1) is 5.60 Å². The van der Waals surface area contributed by atoms with Crippen molar-refractivity contribution in [3.8, 4) is 0 Å². The number of aliphatic hydroxyl groups is 1. The van der Waals surface area contributed by atoms with Crippen LogP contribution in [0.3, 0.4) is 0 Å². The van der Waals surface area contributed by atoms with E-state index in [9.17, 15) is 9.90 Å². The van der Waals surface area contributed by atoms with E-state index in [2.05, 4.69) is 20.8 Å². The molecule has 0 saturated heterocycles. The molecule has 0 aliphatic heterocycles. The van der Waals surface area contributed by atoms with E-state index in [-0.39, 0.29) is 11.8 Å². The number of benzene rings is 1. The van der Waals surface area contributed by atoms with Crippen molar-refractivity contribution in [2.45, 2.75) is 39.2 Å². The summed E-state index contributed by atoms with van der Waals surface area (Å²) in [6, 6.07) is 9.41. The maximum absolute atomic E-state index is 10.7. The minimum absolute atomic E-state index is 0.0202. The fraction of sp³-hybridized carbons (Fsp3) is 0.500. The molecular weight excluding hydrogens is 200 g/mol. The molecule has 0 aromatic heterocycles. The van der Waals surface area contributed by atoms with Crippen molar-refractivity contribution >= 4 is 6.29 Å². The van der Waals surface area contributed by atoms with Gasteiger partial charge in [-0.05, 0) is 17.4 Å². The first-order valence-electron chi connectivity index (χ1n) is 5.59. The van der Waals surface area contributed by atoms with Crippen molar-refractivity contribution < 1.29 is 9.90 Å². The van der Waals surface area contributed by atoms with E-state index in [4.69, 9.17) is 0 Å². The van der Waals surface area contributed by atoms with Gasteiger partial charge in [-0.1, -0.05) is 51.1 Å². The second-order valence-electron chi connectivity index (χ2n) is 5.51. The highest BCUT2D eigenvalue weighted by Gasteiger charge is 2.33. The lowest BCUT2D eigenvalue weighted by molar-refractivity contribution is -0.114. The summed E-state index contributed by atoms with van der Waals surface area (Å²) in [4.78, 5) is 10.7. The molecule has 1 aromatic rings. The topological polar surface area (TPSA) is 37.3 Å². The van der Waals surface area contributed by atoms with E-state index in [0.717, 1.165) is 11.8 Å². The second kappa shape index (κ2) is 4.79. The largest absolute Gasteiger partial charge is 0.385 e. The van der Waals surface area contributed by atoms with Crippen molar-refractivity contribution in [3.63, 3.8) is 0 Å². The molecule has 0 aliphatic rings. The van der Waals surface area contributed by atoms with Crippen molar-refractivity contribution in [2.24, 2.45) is 5.41 Å². The van der Waals surface area contributed by atoms with E-state index in [1.54, 1.807) is 0 Å². The Morgan fingerprint density at radius 2 is 1.75 bits per heavy atom. The number of rotatable bonds is 4. The van der Waals surface area contributed by atoms with Crippen molar-refractivity contribution in [3.05, 3.63) is 35.9 Å². The van der Waals surface area contributed by atoms with Crippen LogP contribution in [0, 0.1) is 5.41 Å². The Balaban J connectivity index is 3.02. The molecule has 1 atom stereocenters. The quantitative estimate of drug-likeness (QED) is 0.792. The molecule has 0 amide bonds. The van der Waals surface area contributed by atoms with Gasteiger partial charge in [-0.25, -0.2) is 0 Å². The number of hydrogen-bond donors (Lipinski definition) is 1. The van der Waals surface area contributed by atoms with E-state index in [1.807, 2.05) is 30.3 Å². The third-order valence-electron chi connectivity index (χ3n) is 2.55. The maximum Gasteiger partial charge on any atom is 0.123 e. The fourth-order valence-corrected chi connectivity index (χ4v) is 2.06. The Morgan fingerprint density at radius 1 is 1.19 bits per heavy atom. The Labute approximate surface area is 97.3 Å². The van der Waals surface area contributed by atoms with Crippen LogP contribution in [0.5, 0.6) is 0 Å². The Bertz CT molecular complexity index is 338. The molecule has 2 heteroatoms. The highest BCUT2D eigenvalue weighted by molar-refractivity contribution is 5.52. The van der Waals surface area contributed by atoms with E-state index >= 15 is 0 Å². The van der Waals surface area contributed by atoms with Gasteiger partial charge in [0.1, 0.15) is 6.29 Å². The molecule has 88 valence electrons. The number of carbonyl (C=O) groups is 1. The molecule has 0 fully saturated rings. The summed E-state index contributed by atoms with van der Waals surface area (Å²) in [5.74, 6) is 0. The minimum atomic E-state index is -1.04. The predicted octanol–water partition coefficient (Wildman–Crippen LogP) is 2.90. The summed E-state index contributed by atoms with van der Waals surface area (Å²) in [7, 11) is 0. The first-order chi connectivity index (χ1) is 7.37. The van der Waals surface area contributed by atoms with Gasteiger partial charge in [0.25, 0.3) is 0 Å². The molecule has 2 nitrogen and oxygen atoms in total. The molecule has 0 aliphatic carbocycles. The van der Waals surface area contributed by atoms with Crippen LogP contribution in [-0.2, 0) is 10.4 Å². The molecular formula is C14H20O2. The molecule has 1 rings (SSSR count). The van der Waals surface area contributed by atoms with Crippen molar-refractivity contribution in [2.75, 3.05) is 0 Å². The first-order valence-corrected chi connectivity index (χ1v) is 5.59. The molecule has 0 heterocycles. The van der Waals surface area contributed by atoms with Crippen molar-refractivity contribution in [1.82, 2.24) is 0 Å². The molecule has 0 bridgehead atoms. The monoisotopic (exact) mass is 220 g/mol. The number of hydrogen-bond acceptors (Lipinski definition) is 2. The van der Waals surface area contributed by atoms with Crippen LogP contribution in [-0.4, -0.2) is 11.4 Å². The standard InChI is InChI=1S/C14H20O2/c1-13(2,3)11-14(16,9-10-15)12-7-5-4-6-8-12/h4-8,10,16H,9,11H2,1-3H3/t14-/m0/s1. The van der Waals surface area contributed by atoms with Crippen LogP contribution in [0.1, 0.15) is 39.2 Å². The Hall–Kier alpha value is -1.15. The minimum Gasteiger partial charge on any atom is -0.385 e. The number of carbonyl (C=O) groups excluding carboxylic acids is 1. The van der Waals surface area contributed by atoms with Gasteiger partial charge in [-0.3, -0.25) is 0 Å². The van der Waals surface area contributed by atoms with Crippen LogP contribution in [0.15, 0.2) is 30.3 Å². The zero-order chi connectivity index (χ0) is 12.2.